The minimum atomic E-state index is -0.567. The van der Waals surface area contributed by atoms with Crippen molar-refractivity contribution in [1.29, 1.82) is 0 Å². The number of methoxy groups -OCH3 is 1. The summed E-state index contributed by atoms with van der Waals surface area (Å²) in [5.74, 6) is -0.924. The summed E-state index contributed by atoms with van der Waals surface area (Å²) >= 11 is 7.37. The number of aromatic nitrogens is 1. The summed E-state index contributed by atoms with van der Waals surface area (Å²) in [7, 11) is 1.27. The van der Waals surface area contributed by atoms with Crippen molar-refractivity contribution in [3.63, 3.8) is 0 Å². The average molecular weight is 397 g/mol. The molecule has 0 aliphatic carbocycles. The maximum atomic E-state index is 12.7. The Balaban J connectivity index is 2.27. The second-order valence-corrected chi connectivity index (χ2v) is 7.62. The van der Waals surface area contributed by atoms with E-state index in [1.54, 1.807) is 17.9 Å². The number of nitrogens with zero attached hydrogens (tertiary/aromatic N) is 1. The van der Waals surface area contributed by atoms with Crippen molar-refractivity contribution < 1.29 is 19.1 Å². The zero-order valence-corrected chi connectivity index (χ0v) is 16.7. The Bertz CT molecular complexity index is 840. The number of nitrogens with one attached hydrogen (secondary N) is 1. The van der Waals surface area contributed by atoms with Gasteiger partial charge in [0.2, 0.25) is 5.91 Å². The highest BCUT2D eigenvalue weighted by molar-refractivity contribution is 7.16. The van der Waals surface area contributed by atoms with E-state index in [4.69, 9.17) is 16.3 Å². The molecule has 0 aromatic carbocycles. The number of amides is 1. The molecule has 0 aliphatic rings. The molecule has 1 N–H and O–H groups in total. The van der Waals surface area contributed by atoms with Crippen molar-refractivity contribution in [2.24, 2.45) is 0 Å². The number of carbonyl (C=O) groups is 3. The topological polar surface area (TPSA) is 79.5 Å². The van der Waals surface area contributed by atoms with Crippen LogP contribution in [0.5, 0.6) is 0 Å². The van der Waals surface area contributed by atoms with E-state index in [1.165, 1.54) is 25.4 Å². The fourth-order valence-electron chi connectivity index (χ4n) is 2.79. The summed E-state index contributed by atoms with van der Waals surface area (Å²) in [5.41, 5.74) is 1.47. The summed E-state index contributed by atoms with van der Waals surface area (Å²) in [6, 6.07) is 3.68. The summed E-state index contributed by atoms with van der Waals surface area (Å²) in [6.07, 6.45) is -0.0223. The third-order valence-corrected chi connectivity index (χ3v) is 5.32. The number of aromatic amines is 1. The largest absolute Gasteiger partial charge is 0.465 e. The Labute approximate surface area is 161 Å². The van der Waals surface area contributed by atoms with Crippen LogP contribution < -0.4 is 0 Å². The summed E-state index contributed by atoms with van der Waals surface area (Å²) < 4.78 is 5.48. The maximum absolute atomic E-state index is 12.7. The predicted octanol–water partition coefficient (Wildman–Crippen LogP) is 3.62. The van der Waals surface area contributed by atoms with E-state index in [9.17, 15) is 14.4 Å². The molecule has 0 spiro atoms. The van der Waals surface area contributed by atoms with Crippen LogP contribution in [0.15, 0.2) is 12.1 Å². The number of thiophene rings is 1. The van der Waals surface area contributed by atoms with Gasteiger partial charge in [-0.05, 0) is 31.5 Å². The Morgan fingerprint density at radius 1 is 1.31 bits per heavy atom. The van der Waals surface area contributed by atoms with Gasteiger partial charge in [0.05, 0.1) is 35.7 Å². The van der Waals surface area contributed by atoms with Gasteiger partial charge in [-0.2, -0.15) is 0 Å². The van der Waals surface area contributed by atoms with Crippen LogP contribution in [-0.2, 0) is 22.5 Å². The van der Waals surface area contributed by atoms with Crippen molar-refractivity contribution in [3.8, 4) is 0 Å². The number of Topliss-reactive ketones (excluding diaryl/α,β-unsaturated/α-hetero) is 1. The number of likely N-dealkylation sites (N-methyl/N-ethyl adjacent to an activating group) is 1. The molecule has 26 heavy (non-hydrogen) atoms. The van der Waals surface area contributed by atoms with Crippen molar-refractivity contribution in [2.45, 2.75) is 33.7 Å². The van der Waals surface area contributed by atoms with Crippen molar-refractivity contribution in [1.82, 2.24) is 9.88 Å². The van der Waals surface area contributed by atoms with Gasteiger partial charge in [-0.25, -0.2) is 4.79 Å². The predicted molar refractivity (Wildman–Crippen MR) is 101 cm³/mol. The number of rotatable bonds is 7. The first-order valence-electron chi connectivity index (χ1n) is 8.11. The monoisotopic (exact) mass is 396 g/mol. The fourth-order valence-corrected chi connectivity index (χ4v) is 3.89. The van der Waals surface area contributed by atoms with Crippen molar-refractivity contribution in [2.75, 3.05) is 13.7 Å². The van der Waals surface area contributed by atoms with Gasteiger partial charge in [0.1, 0.15) is 0 Å². The first kappa shape index (κ1) is 20.2. The smallest absolute Gasteiger partial charge is 0.339 e. The van der Waals surface area contributed by atoms with Gasteiger partial charge in [-0.1, -0.05) is 11.6 Å². The van der Waals surface area contributed by atoms with E-state index < -0.39 is 5.97 Å². The lowest BCUT2D eigenvalue weighted by Gasteiger charge is -2.20. The molecule has 0 unspecified atom stereocenters. The van der Waals surface area contributed by atoms with E-state index >= 15 is 0 Å². The zero-order valence-electron chi connectivity index (χ0n) is 15.1. The molecule has 2 aromatic heterocycles. The average Bonchev–Trinajstić information content (AvgIpc) is 3.15. The number of carbonyl (C=O) groups excluding carboxylic acids is 3. The molecule has 0 fully saturated rings. The number of hydrogen-bond donors (Lipinski definition) is 1. The van der Waals surface area contributed by atoms with Crippen molar-refractivity contribution >= 4 is 40.6 Å². The van der Waals surface area contributed by atoms with Crippen LogP contribution in [-0.4, -0.2) is 41.2 Å². The molecule has 140 valence electrons. The van der Waals surface area contributed by atoms with Gasteiger partial charge in [-0.3, -0.25) is 9.59 Å². The molecule has 0 aliphatic heterocycles. The van der Waals surface area contributed by atoms with Gasteiger partial charge in [0.15, 0.2) is 5.78 Å². The number of halogens is 1. The number of H-pyrrole nitrogens is 1. The van der Waals surface area contributed by atoms with Crippen LogP contribution in [0.4, 0.5) is 0 Å². The number of esters is 1. The Kier molecular flexibility index (Phi) is 6.61. The highest BCUT2D eigenvalue weighted by Gasteiger charge is 2.25. The van der Waals surface area contributed by atoms with Gasteiger partial charge >= 0.3 is 5.97 Å². The fraction of sp³-hybridized carbons (Fsp3) is 0.389. The lowest BCUT2D eigenvalue weighted by atomic mass is 10.1. The molecular weight excluding hydrogens is 376 g/mol. The first-order chi connectivity index (χ1) is 12.3. The molecule has 0 saturated heterocycles. The molecule has 2 heterocycles. The molecule has 6 nitrogen and oxygen atoms in total. The third-order valence-electron chi connectivity index (χ3n) is 4.11. The summed E-state index contributed by atoms with van der Waals surface area (Å²) in [6.45, 7) is 5.92. The quantitative estimate of drug-likeness (QED) is 0.572. The van der Waals surface area contributed by atoms with Gasteiger partial charge in [-0.15, -0.1) is 11.3 Å². The van der Waals surface area contributed by atoms with Crippen molar-refractivity contribution in [3.05, 3.63) is 43.9 Å². The number of ketones is 1. The first-order valence-corrected chi connectivity index (χ1v) is 9.30. The van der Waals surface area contributed by atoms with Crippen LogP contribution >= 0.6 is 22.9 Å². The Morgan fingerprint density at radius 3 is 2.50 bits per heavy atom. The van der Waals surface area contributed by atoms with Crippen LogP contribution in [0.3, 0.4) is 0 Å². The van der Waals surface area contributed by atoms with Crippen LogP contribution in [0, 0.1) is 6.92 Å². The highest BCUT2D eigenvalue weighted by atomic mass is 35.5. The maximum Gasteiger partial charge on any atom is 0.339 e. The highest BCUT2D eigenvalue weighted by Crippen LogP contribution is 2.24. The SMILES string of the molecule is CCN(Cc1ccc(Cl)s1)C(=O)Cc1[nH]c(C(C)=O)c(C)c1C(=O)OC. The standard InChI is InChI=1S/C18H21ClN2O4S/c1-5-21(9-12-6-7-14(19)26-12)15(23)8-13-16(18(24)25-4)10(2)17(20-13)11(3)22/h6-7,20H,5,8-9H2,1-4H3. The lowest BCUT2D eigenvalue weighted by Crippen LogP contribution is -2.31. The van der Waals surface area contributed by atoms with Gasteiger partial charge < -0.3 is 14.6 Å². The summed E-state index contributed by atoms with van der Waals surface area (Å²) in [5, 5.41) is 0. The van der Waals surface area contributed by atoms with Crippen LogP contribution in [0.25, 0.3) is 0 Å². The second kappa shape index (κ2) is 8.51. The normalized spacial score (nSPS) is 10.7. The molecule has 8 heteroatoms. The van der Waals surface area contributed by atoms with E-state index in [0.717, 1.165) is 4.88 Å². The molecule has 0 saturated carbocycles. The Hall–Kier alpha value is -2.12. The lowest BCUT2D eigenvalue weighted by molar-refractivity contribution is -0.130. The Morgan fingerprint density at radius 2 is 2.00 bits per heavy atom. The molecular formula is C18H21ClN2O4S. The molecule has 2 aromatic rings. The number of hydrogen-bond acceptors (Lipinski definition) is 5. The van der Waals surface area contributed by atoms with Crippen LogP contribution in [0.2, 0.25) is 4.34 Å². The van der Waals surface area contributed by atoms with Crippen LogP contribution in [0.1, 0.15) is 50.8 Å². The molecule has 1 amide bonds. The minimum absolute atomic E-state index is 0.0223. The number of ether oxygens (including phenoxy) is 1. The molecule has 2 rings (SSSR count). The van der Waals surface area contributed by atoms with E-state index in [2.05, 4.69) is 4.98 Å². The van der Waals surface area contributed by atoms with E-state index in [-0.39, 0.29) is 23.7 Å². The molecule has 0 bridgehead atoms. The second-order valence-electron chi connectivity index (χ2n) is 5.82. The van der Waals surface area contributed by atoms with Gasteiger partial charge in [0.25, 0.3) is 0 Å². The zero-order chi connectivity index (χ0) is 19.4. The molecule has 0 atom stereocenters. The summed E-state index contributed by atoms with van der Waals surface area (Å²) in [4.78, 5) is 42.2. The van der Waals surface area contributed by atoms with Gasteiger partial charge in [0, 0.05) is 24.0 Å². The van der Waals surface area contributed by atoms with E-state index in [0.29, 0.717) is 34.4 Å². The minimum Gasteiger partial charge on any atom is -0.465 e. The molecule has 0 radical (unpaired) electrons. The van der Waals surface area contributed by atoms with E-state index in [1.807, 2.05) is 13.0 Å². The third kappa shape index (κ3) is 4.34.